The first-order chi connectivity index (χ1) is 8.85. The average molecular weight is 285 g/mol. The van der Waals surface area contributed by atoms with Crippen LogP contribution in [0.15, 0.2) is 29.2 Å². The molecule has 0 spiro atoms. The highest BCUT2D eigenvalue weighted by Gasteiger charge is 2.11. The monoisotopic (exact) mass is 285 g/mol. The van der Waals surface area contributed by atoms with Gasteiger partial charge in [0.15, 0.2) is 0 Å². The van der Waals surface area contributed by atoms with Gasteiger partial charge in [-0.05, 0) is 44.7 Å². The first-order valence-electron chi connectivity index (χ1n) is 5.94. The Bertz CT molecular complexity index is 524. The average Bonchev–Trinajstić information content (AvgIpc) is 2.37. The standard InChI is InChI=1S/C12H19N3O3S/c1-9(13)3-8-12(16)15-10-4-6-11(7-5-10)19(17,18)14-2/h4-7,9,14H,3,8,13H2,1-2H3,(H,15,16). The lowest BCUT2D eigenvalue weighted by atomic mass is 10.2. The highest BCUT2D eigenvalue weighted by molar-refractivity contribution is 7.89. The molecule has 0 heterocycles. The highest BCUT2D eigenvalue weighted by Crippen LogP contribution is 2.14. The van der Waals surface area contributed by atoms with Crippen molar-refractivity contribution in [2.24, 2.45) is 5.73 Å². The van der Waals surface area contributed by atoms with Crippen LogP contribution in [0, 0.1) is 0 Å². The molecule has 0 radical (unpaired) electrons. The van der Waals surface area contributed by atoms with Crippen molar-refractivity contribution >= 4 is 21.6 Å². The Balaban J connectivity index is 2.65. The van der Waals surface area contributed by atoms with E-state index in [0.29, 0.717) is 18.5 Å². The lowest BCUT2D eigenvalue weighted by Gasteiger charge is -2.08. The molecule has 0 aromatic heterocycles. The molecule has 4 N–H and O–H groups in total. The second kappa shape index (κ2) is 6.65. The van der Waals surface area contributed by atoms with Gasteiger partial charge >= 0.3 is 0 Å². The molecule has 0 aliphatic rings. The molecular formula is C12H19N3O3S. The third-order valence-corrected chi connectivity index (χ3v) is 3.97. The molecule has 1 aromatic rings. The first-order valence-corrected chi connectivity index (χ1v) is 7.42. The SMILES string of the molecule is CNS(=O)(=O)c1ccc(NC(=O)CCC(C)N)cc1. The molecule has 1 rings (SSSR count). The van der Waals surface area contributed by atoms with Crippen molar-refractivity contribution in [1.29, 1.82) is 0 Å². The van der Waals surface area contributed by atoms with Crippen LogP contribution in [0.25, 0.3) is 0 Å². The number of nitrogens with two attached hydrogens (primary N) is 1. The summed E-state index contributed by atoms with van der Waals surface area (Å²) in [4.78, 5) is 11.7. The van der Waals surface area contributed by atoms with Crippen LogP contribution in [0.3, 0.4) is 0 Å². The largest absolute Gasteiger partial charge is 0.328 e. The number of nitrogens with one attached hydrogen (secondary N) is 2. The first kappa shape index (κ1) is 15.6. The fourth-order valence-corrected chi connectivity index (χ4v) is 2.15. The summed E-state index contributed by atoms with van der Waals surface area (Å²) in [6, 6.07) is 5.95. The van der Waals surface area contributed by atoms with Crippen LogP contribution in [-0.4, -0.2) is 27.4 Å². The predicted molar refractivity (Wildman–Crippen MR) is 74.2 cm³/mol. The van der Waals surface area contributed by atoms with Crippen LogP contribution < -0.4 is 15.8 Å². The summed E-state index contributed by atoms with van der Waals surface area (Å²) in [6.45, 7) is 1.84. The van der Waals surface area contributed by atoms with E-state index < -0.39 is 10.0 Å². The van der Waals surface area contributed by atoms with Gasteiger partial charge in [0.05, 0.1) is 4.90 Å². The van der Waals surface area contributed by atoms with Crippen LogP contribution in [-0.2, 0) is 14.8 Å². The number of hydrogen-bond acceptors (Lipinski definition) is 4. The van der Waals surface area contributed by atoms with Gasteiger partial charge in [-0.25, -0.2) is 13.1 Å². The highest BCUT2D eigenvalue weighted by atomic mass is 32.2. The van der Waals surface area contributed by atoms with Gasteiger partial charge < -0.3 is 11.1 Å². The summed E-state index contributed by atoms with van der Waals surface area (Å²) in [7, 11) is -2.10. The van der Waals surface area contributed by atoms with Gasteiger partial charge in [-0.1, -0.05) is 0 Å². The summed E-state index contributed by atoms with van der Waals surface area (Å²) in [5.74, 6) is -0.137. The number of benzene rings is 1. The zero-order valence-corrected chi connectivity index (χ0v) is 11.8. The van der Waals surface area contributed by atoms with Gasteiger partial charge in [0.25, 0.3) is 0 Å². The Kier molecular flexibility index (Phi) is 5.46. The zero-order valence-electron chi connectivity index (χ0n) is 11.0. The van der Waals surface area contributed by atoms with Gasteiger partial charge in [-0.3, -0.25) is 4.79 Å². The molecule has 19 heavy (non-hydrogen) atoms. The van der Waals surface area contributed by atoms with Crippen molar-refractivity contribution in [2.45, 2.75) is 30.7 Å². The molecule has 0 saturated carbocycles. The molecule has 1 unspecified atom stereocenters. The van der Waals surface area contributed by atoms with E-state index in [1.165, 1.54) is 19.2 Å². The number of sulfonamides is 1. The quantitative estimate of drug-likeness (QED) is 0.714. The molecule has 1 aromatic carbocycles. The van der Waals surface area contributed by atoms with Crippen LogP contribution >= 0.6 is 0 Å². The maximum atomic E-state index is 11.6. The third-order valence-electron chi connectivity index (χ3n) is 2.54. The Morgan fingerprint density at radius 2 is 1.89 bits per heavy atom. The van der Waals surface area contributed by atoms with Crippen LogP contribution in [0.5, 0.6) is 0 Å². The molecule has 0 aliphatic carbocycles. The molecular weight excluding hydrogens is 266 g/mol. The van der Waals surface area contributed by atoms with Crippen LogP contribution in [0.1, 0.15) is 19.8 Å². The van der Waals surface area contributed by atoms with Crippen molar-refractivity contribution in [3.8, 4) is 0 Å². The fraction of sp³-hybridized carbons (Fsp3) is 0.417. The Morgan fingerprint density at radius 3 is 2.37 bits per heavy atom. The number of anilines is 1. The van der Waals surface area contributed by atoms with E-state index in [9.17, 15) is 13.2 Å². The second-order valence-electron chi connectivity index (χ2n) is 4.30. The Morgan fingerprint density at radius 1 is 1.32 bits per heavy atom. The van der Waals surface area contributed by atoms with E-state index in [-0.39, 0.29) is 16.8 Å². The van der Waals surface area contributed by atoms with Crippen molar-refractivity contribution < 1.29 is 13.2 Å². The van der Waals surface area contributed by atoms with Crippen molar-refractivity contribution in [3.63, 3.8) is 0 Å². The molecule has 0 aliphatic heterocycles. The summed E-state index contributed by atoms with van der Waals surface area (Å²) < 4.78 is 25.2. The third kappa shape index (κ3) is 4.98. The molecule has 0 saturated heterocycles. The summed E-state index contributed by atoms with van der Waals surface area (Å²) >= 11 is 0. The number of carbonyl (C=O) groups is 1. The van der Waals surface area contributed by atoms with E-state index in [2.05, 4.69) is 10.0 Å². The van der Waals surface area contributed by atoms with E-state index >= 15 is 0 Å². The fourth-order valence-electron chi connectivity index (χ4n) is 1.42. The predicted octanol–water partition coefficient (Wildman–Crippen LogP) is 0.661. The molecule has 1 amide bonds. The minimum Gasteiger partial charge on any atom is -0.328 e. The van der Waals surface area contributed by atoms with Gasteiger partial charge in [0.2, 0.25) is 15.9 Å². The van der Waals surface area contributed by atoms with E-state index in [4.69, 9.17) is 5.73 Å². The number of carbonyl (C=O) groups excluding carboxylic acids is 1. The topological polar surface area (TPSA) is 101 Å². The van der Waals surface area contributed by atoms with Crippen LogP contribution in [0.4, 0.5) is 5.69 Å². The van der Waals surface area contributed by atoms with Crippen molar-refractivity contribution in [2.75, 3.05) is 12.4 Å². The van der Waals surface area contributed by atoms with Crippen molar-refractivity contribution in [1.82, 2.24) is 4.72 Å². The smallest absolute Gasteiger partial charge is 0.240 e. The summed E-state index contributed by atoms with van der Waals surface area (Å²) in [6.07, 6.45) is 0.951. The number of rotatable bonds is 6. The summed E-state index contributed by atoms with van der Waals surface area (Å²) in [5.41, 5.74) is 6.12. The van der Waals surface area contributed by atoms with E-state index in [1.54, 1.807) is 12.1 Å². The molecule has 6 nitrogen and oxygen atoms in total. The number of amides is 1. The normalized spacial score (nSPS) is 13.0. The molecule has 1 atom stereocenters. The van der Waals surface area contributed by atoms with E-state index in [0.717, 1.165) is 0 Å². The summed E-state index contributed by atoms with van der Waals surface area (Å²) in [5, 5.41) is 2.68. The van der Waals surface area contributed by atoms with Gasteiger partial charge in [0, 0.05) is 18.2 Å². The minimum absolute atomic E-state index is 0.0195. The zero-order chi connectivity index (χ0) is 14.5. The lowest BCUT2D eigenvalue weighted by Crippen LogP contribution is -2.20. The molecule has 106 valence electrons. The second-order valence-corrected chi connectivity index (χ2v) is 6.18. The number of hydrogen-bond donors (Lipinski definition) is 3. The lowest BCUT2D eigenvalue weighted by molar-refractivity contribution is -0.116. The van der Waals surface area contributed by atoms with Crippen molar-refractivity contribution in [3.05, 3.63) is 24.3 Å². The molecule has 0 bridgehead atoms. The Hall–Kier alpha value is -1.44. The molecule has 7 heteroatoms. The van der Waals surface area contributed by atoms with Gasteiger partial charge in [-0.2, -0.15) is 0 Å². The van der Waals surface area contributed by atoms with Gasteiger partial charge in [0.1, 0.15) is 0 Å². The minimum atomic E-state index is -3.44. The molecule has 0 fully saturated rings. The Labute approximate surface area is 113 Å². The van der Waals surface area contributed by atoms with E-state index in [1.807, 2.05) is 6.92 Å². The maximum absolute atomic E-state index is 11.6. The maximum Gasteiger partial charge on any atom is 0.240 e. The van der Waals surface area contributed by atoms with Crippen LogP contribution in [0.2, 0.25) is 0 Å². The van der Waals surface area contributed by atoms with Gasteiger partial charge in [-0.15, -0.1) is 0 Å².